The number of fused-ring (bicyclic) bond motifs is 2. The van der Waals surface area contributed by atoms with Gasteiger partial charge in [0.05, 0.1) is 6.04 Å². The Bertz CT molecular complexity index is 516. The molecule has 2 heterocycles. The third-order valence-electron chi connectivity index (χ3n) is 5.24. The molecular weight excluding hydrogens is 284 g/mol. The Morgan fingerprint density at radius 1 is 1.19 bits per heavy atom. The average Bonchev–Trinajstić information content (AvgIpc) is 2.71. The summed E-state index contributed by atoms with van der Waals surface area (Å²) in [6.07, 6.45) is 3.75. The topological polar surface area (TPSA) is 23.6 Å². The van der Waals surface area contributed by atoms with Crippen molar-refractivity contribution in [3.05, 3.63) is 34.9 Å². The van der Waals surface area contributed by atoms with Crippen molar-refractivity contribution in [1.29, 1.82) is 0 Å². The first kappa shape index (κ1) is 15.0. The Hall–Kier alpha value is -0.900. The van der Waals surface area contributed by atoms with Gasteiger partial charge in [-0.2, -0.15) is 0 Å². The molecule has 2 aliphatic rings. The zero-order chi connectivity index (χ0) is 15.0. The number of Topliss-reactive ketones (excluding diaryl/α,β-unsaturated/α-hetero) is 1. The maximum absolute atomic E-state index is 12.7. The van der Waals surface area contributed by atoms with Gasteiger partial charge in [0.15, 0.2) is 5.78 Å². The molecule has 0 N–H and O–H groups in total. The van der Waals surface area contributed by atoms with Crippen LogP contribution in [-0.4, -0.2) is 53.8 Å². The molecule has 2 bridgehead atoms. The minimum Gasteiger partial charge on any atom is -0.299 e. The molecule has 0 aromatic heterocycles. The second kappa shape index (κ2) is 6.07. The van der Waals surface area contributed by atoms with E-state index in [2.05, 4.69) is 16.8 Å². The van der Waals surface area contributed by atoms with Crippen molar-refractivity contribution in [2.24, 2.45) is 0 Å². The van der Waals surface area contributed by atoms with E-state index in [0.29, 0.717) is 17.1 Å². The van der Waals surface area contributed by atoms with Crippen molar-refractivity contribution in [2.75, 3.05) is 20.1 Å². The molecular formula is C17H23ClN2O. The van der Waals surface area contributed by atoms with Gasteiger partial charge >= 0.3 is 0 Å². The monoisotopic (exact) mass is 306 g/mol. The van der Waals surface area contributed by atoms with E-state index < -0.39 is 0 Å². The third-order valence-corrected chi connectivity index (χ3v) is 5.49. The highest BCUT2D eigenvalue weighted by molar-refractivity contribution is 6.30. The number of hydrogen-bond donors (Lipinski definition) is 0. The number of halogens is 1. The summed E-state index contributed by atoms with van der Waals surface area (Å²) in [4.78, 5) is 17.5. The molecule has 114 valence electrons. The summed E-state index contributed by atoms with van der Waals surface area (Å²) in [6.45, 7) is 4.06. The van der Waals surface area contributed by atoms with E-state index >= 15 is 0 Å². The average molecular weight is 307 g/mol. The van der Waals surface area contributed by atoms with E-state index in [9.17, 15) is 4.79 Å². The Balaban J connectivity index is 1.71. The van der Waals surface area contributed by atoms with Gasteiger partial charge in [-0.1, -0.05) is 11.6 Å². The number of rotatable bonds is 3. The lowest BCUT2D eigenvalue weighted by Gasteiger charge is -2.30. The van der Waals surface area contributed by atoms with Gasteiger partial charge in [-0.15, -0.1) is 0 Å². The Morgan fingerprint density at radius 3 is 2.57 bits per heavy atom. The molecule has 0 amide bonds. The molecule has 0 spiro atoms. The van der Waals surface area contributed by atoms with Crippen LogP contribution in [-0.2, 0) is 0 Å². The zero-order valence-corrected chi connectivity index (χ0v) is 13.5. The quantitative estimate of drug-likeness (QED) is 0.802. The second-order valence-electron chi connectivity index (χ2n) is 6.38. The van der Waals surface area contributed by atoms with E-state index in [1.165, 1.54) is 19.3 Å². The van der Waals surface area contributed by atoms with Gasteiger partial charge in [0.2, 0.25) is 0 Å². The number of benzene rings is 1. The Morgan fingerprint density at radius 2 is 1.86 bits per heavy atom. The first-order valence-corrected chi connectivity index (χ1v) is 8.20. The van der Waals surface area contributed by atoms with E-state index in [-0.39, 0.29) is 11.8 Å². The van der Waals surface area contributed by atoms with Crippen molar-refractivity contribution in [3.8, 4) is 0 Å². The van der Waals surface area contributed by atoms with E-state index in [1.54, 1.807) is 12.1 Å². The number of ketones is 1. The second-order valence-corrected chi connectivity index (χ2v) is 6.82. The number of carbonyl (C=O) groups excluding carboxylic acids is 1. The van der Waals surface area contributed by atoms with E-state index in [4.69, 9.17) is 11.6 Å². The molecule has 2 fully saturated rings. The van der Waals surface area contributed by atoms with Crippen LogP contribution in [0.4, 0.5) is 0 Å². The summed E-state index contributed by atoms with van der Waals surface area (Å²) in [5.41, 5.74) is 0.759. The van der Waals surface area contributed by atoms with Crippen molar-refractivity contribution < 1.29 is 4.79 Å². The van der Waals surface area contributed by atoms with E-state index in [0.717, 1.165) is 18.7 Å². The van der Waals surface area contributed by atoms with Crippen LogP contribution >= 0.6 is 11.6 Å². The minimum absolute atomic E-state index is 0.0566. The molecule has 1 aromatic carbocycles. The standard InChI is InChI=1S/C17H23ClN2O/c1-12(17(21)13-3-5-14(18)6-4-13)20-10-9-15-7-8-16(11-20)19(15)2/h3-6,12,15-16H,7-11H2,1-2H3. The molecule has 2 aliphatic heterocycles. The highest BCUT2D eigenvalue weighted by atomic mass is 35.5. The Labute approximate surface area is 131 Å². The predicted molar refractivity (Wildman–Crippen MR) is 86.0 cm³/mol. The predicted octanol–water partition coefficient (Wildman–Crippen LogP) is 3.08. The molecule has 0 saturated carbocycles. The Kier molecular flexibility index (Phi) is 4.34. The van der Waals surface area contributed by atoms with Crippen LogP contribution in [0.5, 0.6) is 0 Å². The molecule has 3 nitrogen and oxygen atoms in total. The van der Waals surface area contributed by atoms with Crippen LogP contribution < -0.4 is 0 Å². The smallest absolute Gasteiger partial charge is 0.179 e. The molecule has 0 aliphatic carbocycles. The van der Waals surface area contributed by atoms with Crippen molar-refractivity contribution in [3.63, 3.8) is 0 Å². The molecule has 3 unspecified atom stereocenters. The van der Waals surface area contributed by atoms with Gasteiger partial charge in [0.1, 0.15) is 0 Å². The molecule has 1 aromatic rings. The third kappa shape index (κ3) is 3.01. The molecule has 0 radical (unpaired) electrons. The maximum atomic E-state index is 12.7. The van der Waals surface area contributed by atoms with Crippen LogP contribution in [0.3, 0.4) is 0 Å². The SMILES string of the molecule is CC(C(=O)c1ccc(Cl)cc1)N1CCC2CCC(C1)N2C. The molecule has 3 atom stereocenters. The highest BCUT2D eigenvalue weighted by Crippen LogP contribution is 2.29. The van der Waals surface area contributed by atoms with E-state index in [1.807, 2.05) is 19.1 Å². The first-order valence-electron chi connectivity index (χ1n) is 7.82. The molecule has 2 saturated heterocycles. The zero-order valence-electron chi connectivity index (χ0n) is 12.8. The summed E-state index contributed by atoms with van der Waals surface area (Å²) in [7, 11) is 2.23. The first-order chi connectivity index (χ1) is 10.1. The fourth-order valence-corrected chi connectivity index (χ4v) is 3.83. The van der Waals surface area contributed by atoms with Crippen LogP contribution in [0.15, 0.2) is 24.3 Å². The number of hydrogen-bond acceptors (Lipinski definition) is 3. The van der Waals surface area contributed by atoms with Crippen molar-refractivity contribution >= 4 is 17.4 Å². The number of likely N-dealkylation sites (N-methyl/N-ethyl adjacent to an activating group) is 1. The van der Waals surface area contributed by atoms with Crippen LogP contribution in [0.1, 0.15) is 36.5 Å². The number of likely N-dealkylation sites (tertiary alicyclic amines) is 1. The van der Waals surface area contributed by atoms with Gasteiger partial charge in [-0.05, 0) is 57.5 Å². The van der Waals surface area contributed by atoms with Crippen LogP contribution in [0.25, 0.3) is 0 Å². The summed E-state index contributed by atoms with van der Waals surface area (Å²) in [5.74, 6) is 0.201. The summed E-state index contributed by atoms with van der Waals surface area (Å²) in [6, 6.07) is 8.50. The van der Waals surface area contributed by atoms with Gasteiger partial charge < -0.3 is 0 Å². The lowest BCUT2D eigenvalue weighted by Crippen LogP contribution is -2.44. The van der Waals surface area contributed by atoms with Crippen LogP contribution in [0, 0.1) is 0 Å². The fraction of sp³-hybridized carbons (Fsp3) is 0.588. The summed E-state index contributed by atoms with van der Waals surface area (Å²) < 4.78 is 0. The van der Waals surface area contributed by atoms with Gasteiger partial charge in [-0.3, -0.25) is 14.6 Å². The van der Waals surface area contributed by atoms with Gasteiger partial charge in [0.25, 0.3) is 0 Å². The molecule has 4 heteroatoms. The van der Waals surface area contributed by atoms with Crippen molar-refractivity contribution in [1.82, 2.24) is 9.80 Å². The van der Waals surface area contributed by atoms with Crippen molar-refractivity contribution in [2.45, 2.75) is 44.3 Å². The molecule has 3 rings (SSSR count). The highest BCUT2D eigenvalue weighted by Gasteiger charge is 2.37. The lowest BCUT2D eigenvalue weighted by atomic mass is 10.0. The normalized spacial score (nSPS) is 28.3. The number of nitrogens with zero attached hydrogens (tertiary/aromatic N) is 2. The largest absolute Gasteiger partial charge is 0.299 e. The van der Waals surface area contributed by atoms with Gasteiger partial charge in [-0.25, -0.2) is 0 Å². The summed E-state index contributed by atoms with van der Waals surface area (Å²) >= 11 is 5.90. The van der Waals surface area contributed by atoms with Gasteiger partial charge in [0, 0.05) is 35.8 Å². The lowest BCUT2D eigenvalue weighted by molar-refractivity contribution is 0.0824. The number of carbonyl (C=O) groups is 1. The molecule has 21 heavy (non-hydrogen) atoms. The minimum atomic E-state index is -0.0566. The maximum Gasteiger partial charge on any atom is 0.179 e. The summed E-state index contributed by atoms with van der Waals surface area (Å²) in [5, 5.41) is 0.674. The fourth-order valence-electron chi connectivity index (χ4n) is 3.71. The van der Waals surface area contributed by atoms with Crippen LogP contribution in [0.2, 0.25) is 5.02 Å².